The molecule has 0 radical (unpaired) electrons. The molecule has 1 saturated heterocycles. The number of rotatable bonds is 1. The van der Waals surface area contributed by atoms with Crippen LogP contribution in [0.3, 0.4) is 0 Å². The first-order valence-corrected chi connectivity index (χ1v) is 6.88. The number of aromatic amines is 1. The molecule has 6 nitrogen and oxygen atoms in total. The highest BCUT2D eigenvalue weighted by molar-refractivity contribution is 5.98. The lowest BCUT2D eigenvalue weighted by Gasteiger charge is -2.33. The van der Waals surface area contributed by atoms with Crippen LogP contribution in [0.15, 0.2) is 30.5 Å². The van der Waals surface area contributed by atoms with Gasteiger partial charge in [-0.25, -0.2) is 4.79 Å². The highest BCUT2D eigenvalue weighted by atomic mass is 16.5. The predicted octanol–water partition coefficient (Wildman–Crippen LogP) is 1.69. The fourth-order valence-corrected chi connectivity index (χ4v) is 2.58. The predicted molar refractivity (Wildman–Crippen MR) is 78.2 cm³/mol. The van der Waals surface area contributed by atoms with Crippen LogP contribution < -0.4 is 0 Å². The summed E-state index contributed by atoms with van der Waals surface area (Å²) in [5.41, 5.74) is 1.62. The van der Waals surface area contributed by atoms with Crippen LogP contribution in [-0.4, -0.2) is 60.1 Å². The first-order valence-electron chi connectivity index (χ1n) is 6.88. The largest absolute Gasteiger partial charge is 0.453 e. The van der Waals surface area contributed by atoms with Gasteiger partial charge in [0, 0.05) is 43.5 Å². The van der Waals surface area contributed by atoms with Crippen molar-refractivity contribution in [1.29, 1.82) is 0 Å². The Hall–Kier alpha value is -2.50. The maximum absolute atomic E-state index is 12.5. The molecular weight excluding hydrogens is 270 g/mol. The molecule has 2 aromatic rings. The van der Waals surface area contributed by atoms with Crippen molar-refractivity contribution in [1.82, 2.24) is 14.8 Å². The zero-order valence-corrected chi connectivity index (χ0v) is 11.8. The third-order valence-electron chi connectivity index (χ3n) is 3.80. The second-order valence-electron chi connectivity index (χ2n) is 5.03. The van der Waals surface area contributed by atoms with Crippen LogP contribution in [0.2, 0.25) is 0 Å². The molecule has 1 fully saturated rings. The molecule has 21 heavy (non-hydrogen) atoms. The Kier molecular flexibility index (Phi) is 3.51. The van der Waals surface area contributed by atoms with Crippen molar-refractivity contribution in [3.63, 3.8) is 0 Å². The summed E-state index contributed by atoms with van der Waals surface area (Å²) in [5, 5.41) is 1.09. The van der Waals surface area contributed by atoms with Gasteiger partial charge in [-0.05, 0) is 23.6 Å². The highest BCUT2D eigenvalue weighted by Crippen LogP contribution is 2.16. The summed E-state index contributed by atoms with van der Waals surface area (Å²) in [6.07, 6.45) is 1.52. The van der Waals surface area contributed by atoms with Gasteiger partial charge in [-0.1, -0.05) is 6.07 Å². The molecule has 0 saturated carbocycles. The molecule has 0 spiro atoms. The Balaban J connectivity index is 1.70. The number of nitrogens with one attached hydrogen (secondary N) is 1. The van der Waals surface area contributed by atoms with Crippen LogP contribution in [0.1, 0.15) is 10.4 Å². The number of aromatic nitrogens is 1. The maximum Gasteiger partial charge on any atom is 0.409 e. The van der Waals surface area contributed by atoms with Crippen molar-refractivity contribution in [2.75, 3.05) is 33.3 Å². The monoisotopic (exact) mass is 287 g/mol. The van der Waals surface area contributed by atoms with Crippen molar-refractivity contribution >= 4 is 22.9 Å². The summed E-state index contributed by atoms with van der Waals surface area (Å²) in [6.45, 7) is 2.06. The molecule has 0 atom stereocenters. The van der Waals surface area contributed by atoms with Gasteiger partial charge in [-0.3, -0.25) is 4.79 Å². The van der Waals surface area contributed by atoms with E-state index < -0.39 is 0 Å². The SMILES string of the molecule is COC(=O)N1CCN(C(=O)c2ccc3cc[nH]c3c2)CC1. The number of carbonyl (C=O) groups excluding carboxylic acids is 2. The van der Waals surface area contributed by atoms with Crippen LogP contribution in [0, 0.1) is 0 Å². The number of carbonyl (C=O) groups is 2. The van der Waals surface area contributed by atoms with Gasteiger partial charge in [0.1, 0.15) is 0 Å². The van der Waals surface area contributed by atoms with Gasteiger partial charge in [0.15, 0.2) is 0 Å². The number of H-pyrrole nitrogens is 1. The molecule has 1 aliphatic rings. The minimum atomic E-state index is -0.338. The maximum atomic E-state index is 12.5. The Bertz CT molecular complexity index is 672. The van der Waals surface area contributed by atoms with E-state index in [0.29, 0.717) is 31.7 Å². The van der Waals surface area contributed by atoms with Crippen LogP contribution in [0.25, 0.3) is 10.9 Å². The number of nitrogens with zero attached hydrogens (tertiary/aromatic N) is 2. The molecule has 0 aliphatic carbocycles. The number of hydrogen-bond acceptors (Lipinski definition) is 3. The van der Waals surface area contributed by atoms with Gasteiger partial charge in [-0.15, -0.1) is 0 Å². The van der Waals surface area contributed by atoms with Gasteiger partial charge < -0.3 is 19.5 Å². The molecule has 1 aromatic carbocycles. The minimum Gasteiger partial charge on any atom is -0.453 e. The Morgan fingerprint density at radius 3 is 2.52 bits per heavy atom. The van der Waals surface area contributed by atoms with Crippen molar-refractivity contribution in [3.05, 3.63) is 36.0 Å². The van der Waals surface area contributed by atoms with E-state index in [0.717, 1.165) is 10.9 Å². The van der Waals surface area contributed by atoms with E-state index >= 15 is 0 Å². The van der Waals surface area contributed by atoms with Crippen LogP contribution in [0.5, 0.6) is 0 Å². The highest BCUT2D eigenvalue weighted by Gasteiger charge is 2.25. The lowest BCUT2D eigenvalue weighted by Crippen LogP contribution is -2.50. The van der Waals surface area contributed by atoms with Gasteiger partial charge in [0.2, 0.25) is 0 Å². The summed E-state index contributed by atoms with van der Waals surface area (Å²) in [7, 11) is 1.37. The molecule has 6 heteroatoms. The second-order valence-corrected chi connectivity index (χ2v) is 5.03. The molecule has 1 N–H and O–H groups in total. The molecule has 2 amide bonds. The lowest BCUT2D eigenvalue weighted by molar-refractivity contribution is 0.0600. The summed E-state index contributed by atoms with van der Waals surface area (Å²) in [5.74, 6) is -0.00369. The fourth-order valence-electron chi connectivity index (χ4n) is 2.58. The third-order valence-corrected chi connectivity index (χ3v) is 3.80. The average Bonchev–Trinajstić information content (AvgIpc) is 3.01. The first-order chi connectivity index (χ1) is 10.2. The quantitative estimate of drug-likeness (QED) is 0.868. The van der Waals surface area contributed by atoms with Gasteiger partial charge in [0.05, 0.1) is 7.11 Å². The Morgan fingerprint density at radius 2 is 1.81 bits per heavy atom. The summed E-state index contributed by atoms with van der Waals surface area (Å²) < 4.78 is 4.69. The topological polar surface area (TPSA) is 65.6 Å². The lowest BCUT2D eigenvalue weighted by atomic mass is 10.1. The molecule has 3 rings (SSSR count). The second kappa shape index (κ2) is 5.47. The number of piperazine rings is 1. The Morgan fingerprint density at radius 1 is 1.10 bits per heavy atom. The molecule has 0 unspecified atom stereocenters. The third kappa shape index (κ3) is 2.56. The fraction of sp³-hybridized carbons (Fsp3) is 0.333. The molecule has 110 valence electrons. The number of methoxy groups -OCH3 is 1. The molecule has 0 bridgehead atoms. The van der Waals surface area contributed by atoms with E-state index in [-0.39, 0.29) is 12.0 Å². The number of hydrogen-bond donors (Lipinski definition) is 1. The summed E-state index contributed by atoms with van der Waals surface area (Å²) >= 11 is 0. The van der Waals surface area contributed by atoms with Crippen molar-refractivity contribution in [2.24, 2.45) is 0 Å². The van der Waals surface area contributed by atoms with E-state index in [9.17, 15) is 9.59 Å². The van der Waals surface area contributed by atoms with Crippen molar-refractivity contribution in [3.8, 4) is 0 Å². The number of amides is 2. The smallest absolute Gasteiger partial charge is 0.409 e. The number of benzene rings is 1. The van der Waals surface area contributed by atoms with E-state index in [4.69, 9.17) is 0 Å². The van der Waals surface area contributed by atoms with E-state index in [1.165, 1.54) is 7.11 Å². The van der Waals surface area contributed by atoms with E-state index in [1.54, 1.807) is 9.80 Å². The van der Waals surface area contributed by atoms with Crippen molar-refractivity contribution < 1.29 is 14.3 Å². The molecule has 1 aliphatic heterocycles. The minimum absolute atomic E-state index is 0.00369. The zero-order chi connectivity index (χ0) is 14.8. The number of fused-ring (bicyclic) bond motifs is 1. The summed E-state index contributed by atoms with van der Waals surface area (Å²) in [6, 6.07) is 7.61. The normalized spacial score (nSPS) is 15.3. The Labute approximate surface area is 122 Å². The van der Waals surface area contributed by atoms with Gasteiger partial charge in [-0.2, -0.15) is 0 Å². The molecule has 1 aromatic heterocycles. The first kappa shape index (κ1) is 13.5. The zero-order valence-electron chi connectivity index (χ0n) is 11.8. The van der Waals surface area contributed by atoms with Crippen LogP contribution >= 0.6 is 0 Å². The van der Waals surface area contributed by atoms with Crippen molar-refractivity contribution in [2.45, 2.75) is 0 Å². The van der Waals surface area contributed by atoms with E-state index in [1.807, 2.05) is 30.5 Å². The van der Waals surface area contributed by atoms with Gasteiger partial charge >= 0.3 is 6.09 Å². The standard InChI is InChI=1S/C15H17N3O3/c1-21-15(20)18-8-6-17(7-9-18)14(19)12-3-2-11-4-5-16-13(11)10-12/h2-5,10,16H,6-9H2,1H3. The molecule has 2 heterocycles. The van der Waals surface area contributed by atoms with Crippen LogP contribution in [0.4, 0.5) is 4.79 Å². The average molecular weight is 287 g/mol. The van der Waals surface area contributed by atoms with Gasteiger partial charge in [0.25, 0.3) is 5.91 Å². The summed E-state index contributed by atoms with van der Waals surface area (Å²) in [4.78, 5) is 30.4. The molecular formula is C15H17N3O3. The van der Waals surface area contributed by atoms with Crippen LogP contribution in [-0.2, 0) is 4.74 Å². The van der Waals surface area contributed by atoms with E-state index in [2.05, 4.69) is 9.72 Å². The number of ether oxygens (including phenoxy) is 1.